The van der Waals surface area contributed by atoms with Crippen molar-refractivity contribution < 1.29 is 10.0 Å². The lowest BCUT2D eigenvalue weighted by Gasteiger charge is -1.90. The van der Waals surface area contributed by atoms with Crippen LogP contribution in [-0.2, 0) is 0 Å². The van der Waals surface area contributed by atoms with Crippen molar-refractivity contribution in [3.63, 3.8) is 0 Å². The number of unbranched alkanes of at least 4 members (excludes halogenated alkanes) is 4. The summed E-state index contributed by atoms with van der Waals surface area (Å²) >= 11 is 0. The Morgan fingerprint density at radius 3 is 1.40 bits per heavy atom. The van der Waals surface area contributed by atoms with Gasteiger partial charge in [0.15, 0.2) is 0 Å². The van der Waals surface area contributed by atoms with Gasteiger partial charge < -0.3 is 10.0 Å². The first-order valence-electron chi connectivity index (χ1n) is 4.05. The fourth-order valence-electron chi connectivity index (χ4n) is 0.677. The Kier molecular flexibility index (Phi) is 20.2. The van der Waals surface area contributed by atoms with E-state index >= 15 is 0 Å². The van der Waals surface area contributed by atoms with Crippen LogP contribution in [0.1, 0.15) is 46.0 Å². The van der Waals surface area contributed by atoms with E-state index in [-0.39, 0.29) is 0 Å². The van der Waals surface area contributed by atoms with Gasteiger partial charge >= 0.3 is 7.69 Å². The first-order valence-corrected chi connectivity index (χ1v) is 4.05. The predicted octanol–water partition coefficient (Wildman–Crippen LogP) is 1.21. The summed E-state index contributed by atoms with van der Waals surface area (Å²) in [6.07, 6.45) is 7.01. The first-order chi connectivity index (χ1) is 4.83. The molecule has 0 saturated carbocycles. The van der Waals surface area contributed by atoms with Gasteiger partial charge in [0.1, 0.15) is 0 Å². The molecule has 62 valence electrons. The molecule has 0 aliphatic rings. The maximum atomic E-state index is 7.12. The van der Waals surface area contributed by atoms with Crippen molar-refractivity contribution in [2.24, 2.45) is 0 Å². The maximum Gasteiger partial charge on any atom is 0.432 e. The molecule has 2 N–H and O–H groups in total. The molecule has 3 heteroatoms. The van der Waals surface area contributed by atoms with Crippen molar-refractivity contribution in [3.05, 3.63) is 0 Å². The van der Waals surface area contributed by atoms with E-state index in [4.69, 9.17) is 10.0 Å². The Hall–Kier alpha value is -0.0151. The van der Waals surface area contributed by atoms with E-state index in [1.54, 1.807) is 0 Å². The smallest absolute Gasteiger partial charge is 0.430 e. The van der Waals surface area contributed by atoms with E-state index in [0.717, 1.165) is 0 Å². The second kappa shape index (κ2) is 16.0. The summed E-state index contributed by atoms with van der Waals surface area (Å²) in [5.41, 5.74) is 0. The minimum absolute atomic E-state index is 0.750. The van der Waals surface area contributed by atoms with E-state index < -0.39 is 7.69 Å². The molecule has 2 nitrogen and oxygen atoms in total. The van der Waals surface area contributed by atoms with Crippen molar-refractivity contribution in [3.8, 4) is 0 Å². The van der Waals surface area contributed by atoms with E-state index in [1.807, 2.05) is 0 Å². The van der Waals surface area contributed by atoms with Gasteiger partial charge in [-0.25, -0.2) is 0 Å². The van der Waals surface area contributed by atoms with Crippen molar-refractivity contribution >= 4 is 7.69 Å². The third kappa shape index (κ3) is 24.5. The molecule has 0 aromatic rings. The fourth-order valence-corrected chi connectivity index (χ4v) is 0.677. The molecular formula is C7H19BO2. The van der Waals surface area contributed by atoms with Crippen LogP contribution in [0.25, 0.3) is 0 Å². The van der Waals surface area contributed by atoms with Crippen molar-refractivity contribution in [1.29, 1.82) is 0 Å². The van der Waals surface area contributed by atoms with Gasteiger partial charge in [-0.3, -0.25) is 0 Å². The zero-order valence-electron chi connectivity index (χ0n) is 7.14. The van der Waals surface area contributed by atoms with Crippen LogP contribution in [0.2, 0.25) is 0 Å². The lowest BCUT2D eigenvalue weighted by Crippen LogP contribution is -1.75. The minimum Gasteiger partial charge on any atom is -0.430 e. The van der Waals surface area contributed by atoms with Crippen LogP contribution in [0.15, 0.2) is 0 Å². The van der Waals surface area contributed by atoms with Crippen LogP contribution < -0.4 is 0 Å². The lowest BCUT2D eigenvalue weighted by atomic mass is 10.2. The Balaban J connectivity index is 0. The highest BCUT2D eigenvalue weighted by atomic mass is 16.4. The highest BCUT2D eigenvalue weighted by molar-refractivity contribution is 6.13. The topological polar surface area (TPSA) is 40.5 Å². The molecule has 0 rings (SSSR count). The first kappa shape index (κ1) is 12.6. The molecular weight excluding hydrogens is 127 g/mol. The summed E-state index contributed by atoms with van der Waals surface area (Å²) in [6, 6.07) is 0. The van der Waals surface area contributed by atoms with Crippen LogP contribution in [0.4, 0.5) is 0 Å². The second-order valence-electron chi connectivity index (χ2n) is 2.20. The van der Waals surface area contributed by atoms with Crippen molar-refractivity contribution in [2.75, 3.05) is 0 Å². The van der Waals surface area contributed by atoms with Crippen LogP contribution in [0, 0.1) is 0 Å². The van der Waals surface area contributed by atoms with Gasteiger partial charge in [0, 0.05) is 0 Å². The largest absolute Gasteiger partial charge is 0.432 e. The van der Waals surface area contributed by atoms with Crippen LogP contribution in [-0.4, -0.2) is 17.7 Å². The number of hydrogen-bond acceptors (Lipinski definition) is 2. The average Bonchev–Trinajstić information content (AvgIpc) is 1.91. The van der Waals surface area contributed by atoms with Crippen LogP contribution in [0.5, 0.6) is 0 Å². The van der Waals surface area contributed by atoms with Gasteiger partial charge in [0.2, 0.25) is 0 Å². The summed E-state index contributed by atoms with van der Waals surface area (Å²) in [5.74, 6) is 0. The Morgan fingerprint density at radius 1 is 0.900 bits per heavy atom. The molecule has 10 heavy (non-hydrogen) atoms. The number of rotatable bonds is 4. The Bertz CT molecular complexity index is 38.6. The van der Waals surface area contributed by atoms with Gasteiger partial charge in [0.05, 0.1) is 0 Å². The third-order valence-electron chi connectivity index (χ3n) is 1.21. The van der Waals surface area contributed by atoms with Crippen LogP contribution in [0.3, 0.4) is 0 Å². The summed E-state index contributed by atoms with van der Waals surface area (Å²) in [6.45, 7) is 4.49. The molecule has 0 saturated heterocycles. The fraction of sp³-hybridized carbons (Fsp3) is 1.00. The molecule has 0 spiro atoms. The standard InChI is InChI=1S/C7H16.BH3O2/c1-3-5-7-6-4-2;2-1-3/h3-7H2,1-2H3;1-3H. The quantitative estimate of drug-likeness (QED) is 0.462. The third-order valence-corrected chi connectivity index (χ3v) is 1.21. The minimum atomic E-state index is -0.750. The molecule has 0 unspecified atom stereocenters. The molecule has 0 radical (unpaired) electrons. The van der Waals surface area contributed by atoms with E-state index in [1.165, 1.54) is 32.1 Å². The Labute approximate surface area is 64.6 Å². The normalized spacial score (nSPS) is 8.00. The van der Waals surface area contributed by atoms with E-state index in [2.05, 4.69) is 13.8 Å². The Morgan fingerprint density at radius 2 is 1.20 bits per heavy atom. The van der Waals surface area contributed by atoms with Gasteiger partial charge in [-0.05, 0) is 0 Å². The van der Waals surface area contributed by atoms with Gasteiger partial charge in [-0.2, -0.15) is 0 Å². The molecule has 0 aliphatic carbocycles. The van der Waals surface area contributed by atoms with E-state index in [9.17, 15) is 0 Å². The zero-order chi connectivity index (χ0) is 8.24. The lowest BCUT2D eigenvalue weighted by molar-refractivity contribution is 0.448. The van der Waals surface area contributed by atoms with Gasteiger partial charge in [0.25, 0.3) is 0 Å². The summed E-state index contributed by atoms with van der Waals surface area (Å²) in [7, 11) is -0.750. The maximum absolute atomic E-state index is 7.12. The molecule has 0 bridgehead atoms. The zero-order valence-corrected chi connectivity index (χ0v) is 7.14. The molecule has 0 aromatic heterocycles. The highest BCUT2D eigenvalue weighted by Crippen LogP contribution is 2.00. The van der Waals surface area contributed by atoms with Crippen molar-refractivity contribution in [2.45, 2.75) is 46.0 Å². The molecule has 0 aliphatic heterocycles. The summed E-state index contributed by atoms with van der Waals surface area (Å²) in [4.78, 5) is 0. The van der Waals surface area contributed by atoms with Crippen LogP contribution >= 0.6 is 0 Å². The number of hydrogen-bond donors (Lipinski definition) is 2. The summed E-state index contributed by atoms with van der Waals surface area (Å²) < 4.78 is 0. The summed E-state index contributed by atoms with van der Waals surface area (Å²) in [5, 5.41) is 14.2. The van der Waals surface area contributed by atoms with Gasteiger partial charge in [-0.15, -0.1) is 0 Å². The molecule has 0 atom stereocenters. The second-order valence-corrected chi connectivity index (χ2v) is 2.20. The van der Waals surface area contributed by atoms with Gasteiger partial charge in [-0.1, -0.05) is 46.0 Å². The molecule has 0 amide bonds. The molecule has 0 fully saturated rings. The molecule has 0 heterocycles. The average molecular weight is 146 g/mol. The molecule has 0 aromatic carbocycles. The van der Waals surface area contributed by atoms with Crippen molar-refractivity contribution in [1.82, 2.24) is 0 Å². The monoisotopic (exact) mass is 146 g/mol. The van der Waals surface area contributed by atoms with E-state index in [0.29, 0.717) is 0 Å². The SMILES string of the molecule is CCCCCCC.OBO. The predicted molar refractivity (Wildman–Crippen MR) is 46.0 cm³/mol. The highest BCUT2D eigenvalue weighted by Gasteiger charge is 1.80.